The van der Waals surface area contributed by atoms with Gasteiger partial charge in [0.1, 0.15) is 5.75 Å². The van der Waals surface area contributed by atoms with Crippen LogP contribution in [0, 0.1) is 6.92 Å². The van der Waals surface area contributed by atoms with Gasteiger partial charge in [0.15, 0.2) is 0 Å². The van der Waals surface area contributed by atoms with E-state index in [1.165, 1.54) is 5.56 Å². The first-order valence-corrected chi connectivity index (χ1v) is 6.75. The Labute approximate surface area is 110 Å². The largest absolute Gasteiger partial charge is 0.508 e. The van der Waals surface area contributed by atoms with E-state index in [1.54, 1.807) is 6.07 Å². The first kappa shape index (κ1) is 15.0. The highest BCUT2D eigenvalue weighted by atomic mass is 16.5. The monoisotopic (exact) mass is 251 g/mol. The van der Waals surface area contributed by atoms with Crippen LogP contribution < -0.4 is 5.32 Å². The molecule has 0 saturated carbocycles. The molecule has 0 spiro atoms. The van der Waals surface area contributed by atoms with Gasteiger partial charge in [-0.1, -0.05) is 24.6 Å². The summed E-state index contributed by atoms with van der Waals surface area (Å²) in [7, 11) is 0. The van der Waals surface area contributed by atoms with Gasteiger partial charge in [0.25, 0.3) is 0 Å². The van der Waals surface area contributed by atoms with Crippen LogP contribution in [0.2, 0.25) is 0 Å². The lowest BCUT2D eigenvalue weighted by atomic mass is 10.0. The van der Waals surface area contributed by atoms with Crippen molar-refractivity contribution in [1.29, 1.82) is 0 Å². The van der Waals surface area contributed by atoms with Crippen LogP contribution >= 0.6 is 0 Å². The van der Waals surface area contributed by atoms with Crippen molar-refractivity contribution in [2.45, 2.75) is 39.7 Å². The van der Waals surface area contributed by atoms with Gasteiger partial charge >= 0.3 is 0 Å². The molecule has 0 amide bonds. The van der Waals surface area contributed by atoms with Crippen molar-refractivity contribution in [3.8, 4) is 5.75 Å². The standard InChI is InChI=1S/C15H25NO2/c1-4-9-18-10-5-8-16-13(3)14-11-12(2)6-7-15(14)17/h6-7,11,13,16-17H,4-5,8-10H2,1-3H3. The second-order valence-corrected chi connectivity index (χ2v) is 4.70. The molecule has 1 rings (SSSR count). The van der Waals surface area contributed by atoms with Gasteiger partial charge in [-0.05, 0) is 39.3 Å². The Morgan fingerprint density at radius 1 is 1.33 bits per heavy atom. The summed E-state index contributed by atoms with van der Waals surface area (Å²) in [6.07, 6.45) is 2.07. The molecule has 1 aromatic carbocycles. The van der Waals surface area contributed by atoms with Crippen molar-refractivity contribution in [1.82, 2.24) is 5.32 Å². The van der Waals surface area contributed by atoms with Crippen LogP contribution in [0.15, 0.2) is 18.2 Å². The van der Waals surface area contributed by atoms with E-state index in [1.807, 2.05) is 19.1 Å². The van der Waals surface area contributed by atoms with Crippen LogP contribution in [0.4, 0.5) is 0 Å². The fourth-order valence-corrected chi connectivity index (χ4v) is 1.87. The Balaban J connectivity index is 2.31. The number of aromatic hydroxyl groups is 1. The van der Waals surface area contributed by atoms with Gasteiger partial charge < -0.3 is 15.2 Å². The van der Waals surface area contributed by atoms with Crippen LogP contribution in [0.1, 0.15) is 43.9 Å². The Bertz CT molecular complexity index is 352. The first-order chi connectivity index (χ1) is 8.65. The van der Waals surface area contributed by atoms with Gasteiger partial charge in [-0.15, -0.1) is 0 Å². The SMILES string of the molecule is CCCOCCCNC(C)c1cc(C)ccc1O. The van der Waals surface area contributed by atoms with Gasteiger partial charge in [-0.2, -0.15) is 0 Å². The minimum absolute atomic E-state index is 0.163. The van der Waals surface area contributed by atoms with E-state index < -0.39 is 0 Å². The fraction of sp³-hybridized carbons (Fsp3) is 0.600. The lowest BCUT2D eigenvalue weighted by molar-refractivity contribution is 0.132. The quantitative estimate of drug-likeness (QED) is 0.697. The number of hydrogen-bond acceptors (Lipinski definition) is 3. The zero-order chi connectivity index (χ0) is 13.4. The normalized spacial score (nSPS) is 12.6. The number of nitrogens with one attached hydrogen (secondary N) is 1. The number of aryl methyl sites for hydroxylation is 1. The van der Waals surface area contributed by atoms with E-state index in [4.69, 9.17) is 4.74 Å². The van der Waals surface area contributed by atoms with Crippen molar-refractivity contribution in [3.05, 3.63) is 29.3 Å². The third kappa shape index (κ3) is 5.07. The van der Waals surface area contributed by atoms with Crippen LogP contribution in [0.5, 0.6) is 5.75 Å². The van der Waals surface area contributed by atoms with E-state index in [0.717, 1.165) is 38.2 Å². The molecule has 0 aliphatic rings. The molecule has 18 heavy (non-hydrogen) atoms. The van der Waals surface area contributed by atoms with Gasteiger partial charge in [0, 0.05) is 24.8 Å². The van der Waals surface area contributed by atoms with E-state index in [0.29, 0.717) is 5.75 Å². The van der Waals surface area contributed by atoms with E-state index in [-0.39, 0.29) is 6.04 Å². The van der Waals surface area contributed by atoms with Crippen LogP contribution in [-0.2, 0) is 4.74 Å². The van der Waals surface area contributed by atoms with Gasteiger partial charge in [-0.25, -0.2) is 0 Å². The smallest absolute Gasteiger partial charge is 0.120 e. The molecule has 0 fully saturated rings. The van der Waals surface area contributed by atoms with Crippen molar-refractivity contribution in [2.75, 3.05) is 19.8 Å². The fourth-order valence-electron chi connectivity index (χ4n) is 1.87. The predicted octanol–water partition coefficient (Wildman–Crippen LogP) is 3.17. The van der Waals surface area contributed by atoms with Gasteiger partial charge in [-0.3, -0.25) is 0 Å². The van der Waals surface area contributed by atoms with Crippen molar-refractivity contribution in [3.63, 3.8) is 0 Å². The molecular formula is C15H25NO2. The summed E-state index contributed by atoms with van der Waals surface area (Å²) < 4.78 is 5.42. The molecule has 0 aliphatic carbocycles. The Morgan fingerprint density at radius 2 is 2.11 bits per heavy atom. The molecule has 0 heterocycles. The molecule has 0 saturated heterocycles. The summed E-state index contributed by atoms with van der Waals surface area (Å²) in [6.45, 7) is 8.76. The molecule has 0 bridgehead atoms. The minimum Gasteiger partial charge on any atom is -0.508 e. The van der Waals surface area contributed by atoms with Crippen LogP contribution in [0.25, 0.3) is 0 Å². The molecule has 0 radical (unpaired) electrons. The third-order valence-electron chi connectivity index (χ3n) is 2.91. The second-order valence-electron chi connectivity index (χ2n) is 4.70. The molecule has 3 heteroatoms. The zero-order valence-electron chi connectivity index (χ0n) is 11.7. The topological polar surface area (TPSA) is 41.5 Å². The average Bonchev–Trinajstić information content (AvgIpc) is 2.36. The minimum atomic E-state index is 0.163. The predicted molar refractivity (Wildman–Crippen MR) is 75.0 cm³/mol. The van der Waals surface area contributed by atoms with Gasteiger partial charge in [0.2, 0.25) is 0 Å². The van der Waals surface area contributed by atoms with Crippen molar-refractivity contribution < 1.29 is 9.84 Å². The molecule has 1 atom stereocenters. The summed E-state index contributed by atoms with van der Waals surface area (Å²) in [5.74, 6) is 0.364. The maximum Gasteiger partial charge on any atom is 0.120 e. The molecule has 0 aliphatic heterocycles. The van der Waals surface area contributed by atoms with E-state index in [9.17, 15) is 5.11 Å². The van der Waals surface area contributed by atoms with Crippen LogP contribution in [-0.4, -0.2) is 24.9 Å². The number of phenolic OH excluding ortho intramolecular Hbond substituents is 1. The van der Waals surface area contributed by atoms with Crippen molar-refractivity contribution >= 4 is 0 Å². The Hall–Kier alpha value is -1.06. The highest BCUT2D eigenvalue weighted by molar-refractivity contribution is 5.37. The van der Waals surface area contributed by atoms with Crippen LogP contribution in [0.3, 0.4) is 0 Å². The second kappa shape index (κ2) is 8.11. The summed E-state index contributed by atoms with van der Waals surface area (Å²) in [6, 6.07) is 5.87. The number of ether oxygens (including phenoxy) is 1. The summed E-state index contributed by atoms with van der Waals surface area (Å²) in [5.41, 5.74) is 2.13. The number of benzene rings is 1. The average molecular weight is 251 g/mol. The molecule has 2 N–H and O–H groups in total. The molecule has 1 aromatic rings. The molecule has 3 nitrogen and oxygen atoms in total. The van der Waals surface area contributed by atoms with E-state index in [2.05, 4.69) is 19.2 Å². The highest BCUT2D eigenvalue weighted by Crippen LogP contribution is 2.24. The number of phenols is 1. The Morgan fingerprint density at radius 3 is 2.83 bits per heavy atom. The number of hydrogen-bond donors (Lipinski definition) is 2. The molecule has 102 valence electrons. The first-order valence-electron chi connectivity index (χ1n) is 6.75. The highest BCUT2D eigenvalue weighted by Gasteiger charge is 2.09. The lowest BCUT2D eigenvalue weighted by Gasteiger charge is -2.16. The maximum atomic E-state index is 9.81. The number of rotatable bonds is 8. The third-order valence-corrected chi connectivity index (χ3v) is 2.91. The molecular weight excluding hydrogens is 226 g/mol. The maximum absolute atomic E-state index is 9.81. The van der Waals surface area contributed by atoms with E-state index >= 15 is 0 Å². The Kier molecular flexibility index (Phi) is 6.76. The molecule has 0 aromatic heterocycles. The van der Waals surface area contributed by atoms with Crippen molar-refractivity contribution in [2.24, 2.45) is 0 Å². The summed E-state index contributed by atoms with van der Waals surface area (Å²) in [5, 5.41) is 13.2. The zero-order valence-corrected chi connectivity index (χ0v) is 11.7. The summed E-state index contributed by atoms with van der Waals surface area (Å²) >= 11 is 0. The molecule has 1 unspecified atom stereocenters. The summed E-state index contributed by atoms with van der Waals surface area (Å²) in [4.78, 5) is 0. The lowest BCUT2D eigenvalue weighted by Crippen LogP contribution is -2.21. The van der Waals surface area contributed by atoms with Gasteiger partial charge in [0.05, 0.1) is 0 Å².